The van der Waals surface area contributed by atoms with Crippen molar-refractivity contribution in [2.24, 2.45) is 0 Å². The summed E-state index contributed by atoms with van der Waals surface area (Å²) in [6.07, 6.45) is 6.45. The molecule has 24 heavy (non-hydrogen) atoms. The van der Waals surface area contributed by atoms with Crippen molar-refractivity contribution in [3.63, 3.8) is 0 Å². The van der Waals surface area contributed by atoms with Gasteiger partial charge in [-0.3, -0.25) is 0 Å². The molecule has 0 bridgehead atoms. The Kier molecular flexibility index (Phi) is 5.40. The second-order valence-electron chi connectivity index (χ2n) is 7.31. The summed E-state index contributed by atoms with van der Waals surface area (Å²) in [5.41, 5.74) is 8.05. The lowest BCUT2D eigenvalue weighted by Gasteiger charge is -2.26. The molecule has 2 aromatic carbocycles. The van der Waals surface area contributed by atoms with E-state index in [-0.39, 0.29) is 0 Å². The van der Waals surface area contributed by atoms with E-state index in [1.807, 2.05) is 0 Å². The fourth-order valence-corrected chi connectivity index (χ4v) is 7.76. The summed E-state index contributed by atoms with van der Waals surface area (Å²) in [5, 5.41) is 1.63. The molecule has 1 aliphatic rings. The Morgan fingerprint density at radius 3 is 2.33 bits per heavy atom. The first kappa shape index (κ1) is 17.2. The predicted molar refractivity (Wildman–Crippen MR) is 108 cm³/mol. The third-order valence-electron chi connectivity index (χ3n) is 5.14. The Hall–Kier alpha value is -1.60. The fraction of sp³-hybridized carbons (Fsp3) is 0.391. The van der Waals surface area contributed by atoms with Crippen LogP contribution in [0.15, 0.2) is 48.0 Å². The van der Waals surface area contributed by atoms with Gasteiger partial charge in [-0.25, -0.2) is 0 Å². The van der Waals surface area contributed by atoms with E-state index in [0.29, 0.717) is 5.54 Å². The summed E-state index contributed by atoms with van der Waals surface area (Å²) in [6.45, 7) is 9.14. The third-order valence-corrected chi connectivity index (χ3v) is 8.52. The number of fused-ring (bicyclic) bond motifs is 1. The average Bonchev–Trinajstić information content (AvgIpc) is 2.86. The minimum Gasteiger partial charge on any atom is -0.0678 e. The van der Waals surface area contributed by atoms with Gasteiger partial charge >= 0.3 is 0 Å². The first-order chi connectivity index (χ1) is 11.6. The maximum atomic E-state index is 2.46. The predicted octanol–water partition coefficient (Wildman–Crippen LogP) is 5.94. The van der Waals surface area contributed by atoms with Crippen molar-refractivity contribution in [3.05, 3.63) is 70.3 Å². The molecular weight excluding hydrogens is 304 g/mol. The van der Waals surface area contributed by atoms with E-state index in [0.717, 1.165) is 0 Å². The van der Waals surface area contributed by atoms with Crippen molar-refractivity contribution >= 4 is 20.1 Å². The number of allylic oxidation sites excluding steroid dienone is 1. The highest BCUT2D eigenvalue weighted by molar-refractivity contribution is 6.75. The van der Waals surface area contributed by atoms with Crippen LogP contribution in [-0.2, 0) is 0 Å². The summed E-state index contributed by atoms with van der Waals surface area (Å²) in [4.78, 5) is 0. The SMILES string of the molecule is CCCCC[Si](c1cc(C)cc(C)c1)C1C(C)=Cc2ccccc21. The van der Waals surface area contributed by atoms with E-state index < -0.39 is 8.80 Å². The van der Waals surface area contributed by atoms with Crippen LogP contribution >= 0.6 is 0 Å². The van der Waals surface area contributed by atoms with Crippen molar-refractivity contribution in [1.29, 1.82) is 0 Å². The highest BCUT2D eigenvalue weighted by Gasteiger charge is 2.32. The number of rotatable bonds is 6. The van der Waals surface area contributed by atoms with Gasteiger partial charge in [0.05, 0.1) is 8.80 Å². The number of hydrogen-bond donors (Lipinski definition) is 0. The Morgan fingerprint density at radius 2 is 1.62 bits per heavy atom. The fourth-order valence-electron chi connectivity index (χ4n) is 4.12. The molecule has 1 unspecified atom stereocenters. The highest BCUT2D eigenvalue weighted by atomic mass is 28.3. The summed E-state index contributed by atoms with van der Waals surface area (Å²) in [6, 6.07) is 17.6. The molecule has 0 nitrogen and oxygen atoms in total. The summed E-state index contributed by atoms with van der Waals surface area (Å²) >= 11 is 0. The lowest BCUT2D eigenvalue weighted by Crippen LogP contribution is -2.37. The van der Waals surface area contributed by atoms with E-state index in [4.69, 9.17) is 0 Å². The zero-order valence-corrected chi connectivity index (χ0v) is 16.5. The van der Waals surface area contributed by atoms with Gasteiger partial charge in [0.25, 0.3) is 0 Å². The molecule has 0 fully saturated rings. The molecule has 2 aromatic rings. The molecule has 0 aromatic heterocycles. The van der Waals surface area contributed by atoms with Gasteiger partial charge in [0.2, 0.25) is 0 Å². The number of benzene rings is 2. The molecule has 0 saturated heterocycles. The highest BCUT2D eigenvalue weighted by Crippen LogP contribution is 2.39. The maximum Gasteiger partial charge on any atom is 0.0980 e. The zero-order chi connectivity index (χ0) is 17.1. The number of aryl methyl sites for hydroxylation is 2. The number of hydrogen-bond acceptors (Lipinski definition) is 0. The Morgan fingerprint density at radius 1 is 0.917 bits per heavy atom. The van der Waals surface area contributed by atoms with Crippen LogP contribution in [0.1, 0.15) is 60.9 Å². The summed E-state index contributed by atoms with van der Waals surface area (Å²) in [5.74, 6) is 0. The van der Waals surface area contributed by atoms with Gasteiger partial charge in [0.1, 0.15) is 0 Å². The second-order valence-corrected chi connectivity index (χ2v) is 10.0. The van der Waals surface area contributed by atoms with Crippen LogP contribution in [0.4, 0.5) is 0 Å². The lowest BCUT2D eigenvalue weighted by molar-refractivity contribution is 0.763. The first-order valence-corrected chi connectivity index (χ1v) is 11.1. The van der Waals surface area contributed by atoms with Gasteiger partial charge in [0.15, 0.2) is 0 Å². The van der Waals surface area contributed by atoms with Gasteiger partial charge in [-0.2, -0.15) is 0 Å². The van der Waals surface area contributed by atoms with Gasteiger partial charge in [0, 0.05) is 5.54 Å². The van der Waals surface area contributed by atoms with Crippen LogP contribution in [-0.4, -0.2) is 8.80 Å². The van der Waals surface area contributed by atoms with E-state index in [1.165, 1.54) is 42.0 Å². The molecule has 0 aliphatic heterocycles. The molecule has 0 heterocycles. The van der Waals surface area contributed by atoms with Crippen LogP contribution in [0, 0.1) is 13.8 Å². The van der Waals surface area contributed by atoms with Gasteiger partial charge in [-0.05, 0) is 31.9 Å². The lowest BCUT2D eigenvalue weighted by atomic mass is 10.1. The molecule has 1 heteroatoms. The van der Waals surface area contributed by atoms with Crippen molar-refractivity contribution < 1.29 is 0 Å². The molecular formula is C23H29Si. The van der Waals surface area contributed by atoms with Gasteiger partial charge < -0.3 is 0 Å². The minimum atomic E-state index is -0.645. The monoisotopic (exact) mass is 333 g/mol. The van der Waals surface area contributed by atoms with Crippen molar-refractivity contribution in [1.82, 2.24) is 0 Å². The summed E-state index contributed by atoms with van der Waals surface area (Å²) in [7, 11) is -0.645. The topological polar surface area (TPSA) is 0 Å². The zero-order valence-electron chi connectivity index (χ0n) is 15.5. The Bertz CT molecular complexity index is 721. The standard InChI is InChI=1S/C23H29Si/c1-5-6-9-12-24(21-14-17(2)13-18(3)15-21)23-19(4)16-20-10-7-8-11-22(20)23/h7-8,10-11,13-16,23H,5-6,9,12H2,1-4H3. The summed E-state index contributed by atoms with van der Waals surface area (Å²) < 4.78 is 0. The second kappa shape index (κ2) is 7.52. The van der Waals surface area contributed by atoms with Crippen molar-refractivity contribution in [2.75, 3.05) is 0 Å². The smallest absolute Gasteiger partial charge is 0.0678 e. The molecule has 1 aliphatic carbocycles. The van der Waals surface area contributed by atoms with Crippen LogP contribution in [0.25, 0.3) is 6.08 Å². The normalized spacial score (nSPS) is 16.4. The van der Waals surface area contributed by atoms with Crippen LogP contribution in [0.5, 0.6) is 0 Å². The van der Waals surface area contributed by atoms with Crippen LogP contribution in [0.2, 0.25) is 6.04 Å². The molecule has 125 valence electrons. The quantitative estimate of drug-likeness (QED) is 0.453. The maximum absolute atomic E-state index is 2.46. The minimum absolute atomic E-state index is 0.643. The molecule has 0 N–H and O–H groups in total. The van der Waals surface area contributed by atoms with Crippen LogP contribution in [0.3, 0.4) is 0 Å². The van der Waals surface area contributed by atoms with Gasteiger partial charge in [-0.15, -0.1) is 0 Å². The first-order valence-electron chi connectivity index (χ1n) is 9.31. The van der Waals surface area contributed by atoms with Crippen molar-refractivity contribution in [2.45, 2.75) is 58.5 Å². The molecule has 0 saturated carbocycles. The Balaban J connectivity index is 2.00. The average molecular weight is 334 g/mol. The van der Waals surface area contributed by atoms with E-state index in [9.17, 15) is 0 Å². The van der Waals surface area contributed by atoms with Gasteiger partial charge in [-0.1, -0.05) is 103 Å². The molecule has 1 atom stereocenters. The number of unbranched alkanes of at least 4 members (excludes halogenated alkanes) is 2. The molecule has 3 rings (SSSR count). The van der Waals surface area contributed by atoms with E-state index >= 15 is 0 Å². The van der Waals surface area contributed by atoms with Crippen LogP contribution < -0.4 is 5.19 Å². The largest absolute Gasteiger partial charge is 0.0980 e. The van der Waals surface area contributed by atoms with Crippen molar-refractivity contribution in [3.8, 4) is 0 Å². The Labute approximate surface area is 149 Å². The molecule has 1 radical (unpaired) electrons. The molecule has 0 spiro atoms. The van der Waals surface area contributed by atoms with E-state index in [1.54, 1.807) is 16.3 Å². The molecule has 0 amide bonds. The van der Waals surface area contributed by atoms with E-state index in [2.05, 4.69) is 76.2 Å². The third kappa shape index (κ3) is 3.56.